The van der Waals surface area contributed by atoms with E-state index in [1.807, 2.05) is 48.5 Å². The second kappa shape index (κ2) is 6.46. The molecule has 0 aliphatic heterocycles. The Labute approximate surface area is 113 Å². The Bertz CT molecular complexity index is 560. The van der Waals surface area contributed by atoms with E-state index >= 15 is 0 Å². The van der Waals surface area contributed by atoms with Gasteiger partial charge in [-0.25, -0.2) is 0 Å². The SMILES string of the molecule is CC(Nc1cccc(OCC#N)c1)c1ccccc1. The maximum atomic E-state index is 8.50. The summed E-state index contributed by atoms with van der Waals surface area (Å²) < 4.78 is 5.28. The lowest BCUT2D eigenvalue weighted by Gasteiger charge is -2.16. The zero-order valence-corrected chi connectivity index (χ0v) is 10.8. The van der Waals surface area contributed by atoms with Crippen molar-refractivity contribution in [1.29, 1.82) is 5.26 Å². The van der Waals surface area contributed by atoms with Crippen molar-refractivity contribution in [2.75, 3.05) is 11.9 Å². The molecule has 0 heterocycles. The molecule has 0 aromatic heterocycles. The minimum Gasteiger partial charge on any atom is -0.479 e. The van der Waals surface area contributed by atoms with Gasteiger partial charge in [-0.2, -0.15) is 5.26 Å². The molecule has 0 amide bonds. The lowest BCUT2D eigenvalue weighted by atomic mass is 10.1. The summed E-state index contributed by atoms with van der Waals surface area (Å²) in [5, 5.41) is 11.9. The Morgan fingerprint density at radius 3 is 2.68 bits per heavy atom. The van der Waals surface area contributed by atoms with Crippen molar-refractivity contribution in [1.82, 2.24) is 0 Å². The maximum absolute atomic E-state index is 8.50. The van der Waals surface area contributed by atoms with Crippen LogP contribution in [0.5, 0.6) is 5.75 Å². The number of ether oxygens (including phenoxy) is 1. The summed E-state index contributed by atoms with van der Waals surface area (Å²) in [6, 6.07) is 20.1. The van der Waals surface area contributed by atoms with Crippen molar-refractivity contribution in [2.24, 2.45) is 0 Å². The molecule has 0 spiro atoms. The van der Waals surface area contributed by atoms with Gasteiger partial charge in [-0.05, 0) is 24.6 Å². The van der Waals surface area contributed by atoms with Gasteiger partial charge in [0.2, 0.25) is 0 Å². The molecule has 0 saturated heterocycles. The van der Waals surface area contributed by atoms with Gasteiger partial charge < -0.3 is 10.1 Å². The number of nitrogens with one attached hydrogen (secondary N) is 1. The fraction of sp³-hybridized carbons (Fsp3) is 0.188. The van der Waals surface area contributed by atoms with Gasteiger partial charge >= 0.3 is 0 Å². The zero-order chi connectivity index (χ0) is 13.5. The predicted octanol–water partition coefficient (Wildman–Crippen LogP) is 3.76. The van der Waals surface area contributed by atoms with Crippen molar-refractivity contribution in [3.05, 3.63) is 60.2 Å². The smallest absolute Gasteiger partial charge is 0.174 e. The van der Waals surface area contributed by atoms with E-state index < -0.39 is 0 Å². The molecule has 2 aromatic rings. The Morgan fingerprint density at radius 2 is 1.95 bits per heavy atom. The van der Waals surface area contributed by atoms with Crippen LogP contribution in [-0.4, -0.2) is 6.61 Å². The van der Waals surface area contributed by atoms with E-state index in [1.165, 1.54) is 5.56 Å². The Kier molecular flexibility index (Phi) is 4.41. The van der Waals surface area contributed by atoms with E-state index in [1.54, 1.807) is 0 Å². The van der Waals surface area contributed by atoms with Gasteiger partial charge in [0, 0.05) is 17.8 Å². The highest BCUT2D eigenvalue weighted by atomic mass is 16.5. The van der Waals surface area contributed by atoms with Crippen molar-refractivity contribution < 1.29 is 4.74 Å². The van der Waals surface area contributed by atoms with Crippen LogP contribution in [0.3, 0.4) is 0 Å². The van der Waals surface area contributed by atoms with Gasteiger partial charge in [0.15, 0.2) is 6.61 Å². The lowest BCUT2D eigenvalue weighted by molar-refractivity contribution is 0.368. The van der Waals surface area contributed by atoms with Crippen molar-refractivity contribution in [3.8, 4) is 11.8 Å². The first-order valence-corrected chi connectivity index (χ1v) is 6.21. The number of hydrogen-bond donors (Lipinski definition) is 1. The van der Waals surface area contributed by atoms with E-state index in [4.69, 9.17) is 10.00 Å². The summed E-state index contributed by atoms with van der Waals surface area (Å²) in [4.78, 5) is 0. The Hall–Kier alpha value is -2.47. The van der Waals surface area contributed by atoms with Gasteiger partial charge in [-0.3, -0.25) is 0 Å². The molecular weight excluding hydrogens is 236 g/mol. The summed E-state index contributed by atoms with van der Waals surface area (Å²) in [5.74, 6) is 0.701. The third kappa shape index (κ3) is 3.75. The largest absolute Gasteiger partial charge is 0.479 e. The molecule has 0 aliphatic rings. The number of rotatable bonds is 5. The van der Waals surface area contributed by atoms with Gasteiger partial charge in [0.05, 0.1) is 0 Å². The average molecular weight is 252 g/mol. The van der Waals surface area contributed by atoms with Crippen LogP contribution in [0.1, 0.15) is 18.5 Å². The quantitative estimate of drug-likeness (QED) is 0.881. The number of nitrogens with zero attached hydrogens (tertiary/aromatic N) is 1. The topological polar surface area (TPSA) is 45.0 Å². The molecule has 2 rings (SSSR count). The first-order chi connectivity index (χ1) is 9.29. The van der Waals surface area contributed by atoms with Crippen LogP contribution in [0.2, 0.25) is 0 Å². The molecule has 1 atom stereocenters. The summed E-state index contributed by atoms with van der Waals surface area (Å²) in [6.45, 7) is 2.18. The summed E-state index contributed by atoms with van der Waals surface area (Å²) >= 11 is 0. The van der Waals surface area contributed by atoms with Gasteiger partial charge in [-0.15, -0.1) is 0 Å². The first kappa shape index (κ1) is 13.0. The molecule has 2 aromatic carbocycles. The first-order valence-electron chi connectivity index (χ1n) is 6.21. The van der Waals surface area contributed by atoms with Crippen LogP contribution in [0.25, 0.3) is 0 Å². The average Bonchev–Trinajstić information content (AvgIpc) is 2.46. The normalized spacial score (nSPS) is 11.4. The van der Waals surface area contributed by atoms with Gasteiger partial charge in [0.25, 0.3) is 0 Å². The van der Waals surface area contributed by atoms with E-state index in [2.05, 4.69) is 24.4 Å². The van der Waals surface area contributed by atoms with Crippen molar-refractivity contribution in [3.63, 3.8) is 0 Å². The Balaban J connectivity index is 2.05. The fourth-order valence-corrected chi connectivity index (χ4v) is 1.87. The van der Waals surface area contributed by atoms with Gasteiger partial charge in [0.1, 0.15) is 11.8 Å². The van der Waals surface area contributed by atoms with Crippen LogP contribution >= 0.6 is 0 Å². The third-order valence-corrected chi connectivity index (χ3v) is 2.82. The number of nitriles is 1. The minimum absolute atomic E-state index is 0.0672. The third-order valence-electron chi connectivity index (χ3n) is 2.82. The number of hydrogen-bond acceptors (Lipinski definition) is 3. The molecule has 3 heteroatoms. The summed E-state index contributed by atoms with van der Waals surface area (Å²) in [5.41, 5.74) is 2.21. The summed E-state index contributed by atoms with van der Waals surface area (Å²) in [6.07, 6.45) is 0. The minimum atomic E-state index is 0.0672. The highest BCUT2D eigenvalue weighted by molar-refractivity contribution is 5.49. The monoisotopic (exact) mass is 252 g/mol. The molecule has 3 nitrogen and oxygen atoms in total. The summed E-state index contributed by atoms with van der Waals surface area (Å²) in [7, 11) is 0. The van der Waals surface area contributed by atoms with Gasteiger partial charge in [-0.1, -0.05) is 36.4 Å². The molecule has 0 saturated carbocycles. The number of anilines is 1. The molecule has 19 heavy (non-hydrogen) atoms. The van der Waals surface area contributed by atoms with Crippen molar-refractivity contribution >= 4 is 5.69 Å². The molecular formula is C16H16N2O. The molecule has 1 N–H and O–H groups in total. The highest BCUT2D eigenvalue weighted by Crippen LogP contribution is 2.22. The number of benzene rings is 2. The van der Waals surface area contributed by atoms with E-state index in [9.17, 15) is 0 Å². The van der Waals surface area contributed by atoms with Crippen LogP contribution in [0, 0.1) is 11.3 Å². The van der Waals surface area contributed by atoms with Crippen molar-refractivity contribution in [2.45, 2.75) is 13.0 Å². The van der Waals surface area contributed by atoms with Crippen LogP contribution in [0.15, 0.2) is 54.6 Å². The molecule has 96 valence electrons. The second-order valence-electron chi connectivity index (χ2n) is 4.25. The van der Waals surface area contributed by atoms with Crippen LogP contribution in [-0.2, 0) is 0 Å². The van der Waals surface area contributed by atoms with E-state index in [0.29, 0.717) is 5.75 Å². The Morgan fingerprint density at radius 1 is 1.16 bits per heavy atom. The fourth-order valence-electron chi connectivity index (χ4n) is 1.87. The second-order valence-corrected chi connectivity index (χ2v) is 4.25. The molecule has 0 bridgehead atoms. The van der Waals surface area contributed by atoms with Crippen LogP contribution in [0.4, 0.5) is 5.69 Å². The predicted molar refractivity (Wildman–Crippen MR) is 76.0 cm³/mol. The van der Waals surface area contributed by atoms with E-state index in [0.717, 1.165) is 5.69 Å². The maximum Gasteiger partial charge on any atom is 0.174 e. The zero-order valence-electron chi connectivity index (χ0n) is 10.8. The molecule has 0 radical (unpaired) electrons. The molecule has 1 unspecified atom stereocenters. The standard InChI is InChI=1S/C16H16N2O/c1-13(14-6-3-2-4-7-14)18-15-8-5-9-16(12-15)19-11-10-17/h2-9,12-13,18H,11H2,1H3. The van der Waals surface area contributed by atoms with E-state index in [-0.39, 0.29) is 12.6 Å². The highest BCUT2D eigenvalue weighted by Gasteiger charge is 2.05. The van der Waals surface area contributed by atoms with Crippen LogP contribution < -0.4 is 10.1 Å². The molecule has 0 fully saturated rings. The lowest BCUT2D eigenvalue weighted by Crippen LogP contribution is -2.06. The molecule has 0 aliphatic carbocycles.